The quantitative estimate of drug-likeness (QED) is 0.861. The molecular formula is C18H29NS. The summed E-state index contributed by atoms with van der Waals surface area (Å²) in [6, 6.07) is 4.86. The predicted octanol–water partition coefficient (Wildman–Crippen LogP) is 4.55. The third-order valence-electron chi connectivity index (χ3n) is 4.40. The fraction of sp³-hybridized carbons (Fsp3) is 0.667. The van der Waals surface area contributed by atoms with Crippen LogP contribution in [0.4, 0.5) is 0 Å². The Labute approximate surface area is 128 Å². The van der Waals surface area contributed by atoms with Crippen molar-refractivity contribution >= 4 is 11.8 Å². The Morgan fingerprint density at radius 2 is 1.70 bits per heavy atom. The van der Waals surface area contributed by atoms with Crippen molar-refractivity contribution in [1.29, 1.82) is 0 Å². The number of nitrogens with two attached hydrogens (primary N) is 1. The van der Waals surface area contributed by atoms with Gasteiger partial charge in [-0.2, -0.15) is 11.8 Å². The molecule has 0 heterocycles. The summed E-state index contributed by atoms with van der Waals surface area (Å²) in [5.41, 5.74) is 12.0. The molecule has 2 heteroatoms. The minimum Gasteiger partial charge on any atom is -0.327 e. The van der Waals surface area contributed by atoms with Crippen LogP contribution < -0.4 is 5.73 Å². The topological polar surface area (TPSA) is 26.0 Å². The van der Waals surface area contributed by atoms with E-state index in [0.29, 0.717) is 6.04 Å². The van der Waals surface area contributed by atoms with Crippen LogP contribution in [0.25, 0.3) is 0 Å². The van der Waals surface area contributed by atoms with Crippen molar-refractivity contribution in [2.24, 2.45) is 5.73 Å². The third-order valence-corrected chi connectivity index (χ3v) is 5.97. The molecule has 0 spiro atoms. The van der Waals surface area contributed by atoms with Crippen LogP contribution >= 0.6 is 11.8 Å². The molecule has 1 fully saturated rings. The molecule has 0 bridgehead atoms. The summed E-state index contributed by atoms with van der Waals surface area (Å²) in [6.07, 6.45) is 8.11. The average Bonchev–Trinajstić information content (AvgIpc) is 2.42. The van der Waals surface area contributed by atoms with Gasteiger partial charge in [-0.15, -0.1) is 0 Å². The molecule has 1 unspecified atom stereocenters. The summed E-state index contributed by atoms with van der Waals surface area (Å²) in [5, 5.41) is 0.870. The van der Waals surface area contributed by atoms with Gasteiger partial charge >= 0.3 is 0 Å². The minimum absolute atomic E-state index is 0.294. The first-order valence-corrected chi connectivity index (χ1v) is 9.05. The van der Waals surface area contributed by atoms with Crippen LogP contribution in [-0.4, -0.2) is 17.0 Å². The monoisotopic (exact) mass is 291 g/mol. The molecule has 1 aromatic rings. The van der Waals surface area contributed by atoms with Gasteiger partial charge in [-0.05, 0) is 56.7 Å². The van der Waals surface area contributed by atoms with E-state index in [1.54, 1.807) is 0 Å². The lowest BCUT2D eigenvalue weighted by molar-refractivity contribution is 0.515. The first kappa shape index (κ1) is 15.9. The van der Waals surface area contributed by atoms with Crippen LogP contribution in [0.5, 0.6) is 0 Å². The highest BCUT2D eigenvalue weighted by molar-refractivity contribution is 7.99. The summed E-state index contributed by atoms with van der Waals surface area (Å²) in [6.45, 7) is 6.61. The summed E-state index contributed by atoms with van der Waals surface area (Å²) in [4.78, 5) is 0. The second-order valence-corrected chi connectivity index (χ2v) is 7.77. The van der Waals surface area contributed by atoms with E-state index >= 15 is 0 Å². The molecule has 1 aliphatic rings. The smallest absolute Gasteiger partial charge is 0.0171 e. The molecular weight excluding hydrogens is 262 g/mol. The largest absolute Gasteiger partial charge is 0.327 e. The highest BCUT2D eigenvalue weighted by atomic mass is 32.2. The lowest BCUT2D eigenvalue weighted by Crippen LogP contribution is -2.28. The van der Waals surface area contributed by atoms with Gasteiger partial charge in [-0.25, -0.2) is 0 Å². The highest BCUT2D eigenvalue weighted by Crippen LogP contribution is 2.29. The van der Waals surface area contributed by atoms with Gasteiger partial charge < -0.3 is 5.73 Å². The molecule has 0 aromatic heterocycles. The number of thioether (sulfide) groups is 1. The molecule has 0 saturated heterocycles. The van der Waals surface area contributed by atoms with Crippen LogP contribution in [0.3, 0.4) is 0 Å². The van der Waals surface area contributed by atoms with E-state index in [0.717, 1.165) is 17.4 Å². The first-order valence-electron chi connectivity index (χ1n) is 8.00. The van der Waals surface area contributed by atoms with Gasteiger partial charge in [0.05, 0.1) is 0 Å². The van der Waals surface area contributed by atoms with Crippen molar-refractivity contribution < 1.29 is 0 Å². The molecule has 2 N–H and O–H groups in total. The van der Waals surface area contributed by atoms with Crippen LogP contribution in [0.1, 0.15) is 54.4 Å². The Hall–Kier alpha value is -0.470. The molecule has 0 amide bonds. The maximum atomic E-state index is 6.38. The Kier molecular flexibility index (Phi) is 5.98. The number of aryl methyl sites for hydroxylation is 3. The Morgan fingerprint density at radius 1 is 1.10 bits per heavy atom. The second-order valence-electron chi connectivity index (χ2n) is 6.43. The summed E-state index contributed by atoms with van der Waals surface area (Å²) in [5.74, 6) is 1.11. The minimum atomic E-state index is 0.294. The Balaban J connectivity index is 1.86. The van der Waals surface area contributed by atoms with Crippen LogP contribution in [-0.2, 0) is 6.42 Å². The van der Waals surface area contributed by atoms with E-state index in [9.17, 15) is 0 Å². The maximum absolute atomic E-state index is 6.38. The van der Waals surface area contributed by atoms with Crippen molar-refractivity contribution in [3.8, 4) is 0 Å². The van der Waals surface area contributed by atoms with E-state index in [2.05, 4.69) is 44.7 Å². The molecule has 1 atom stereocenters. The lowest BCUT2D eigenvalue weighted by Gasteiger charge is -2.23. The molecule has 1 saturated carbocycles. The predicted molar refractivity (Wildman–Crippen MR) is 91.7 cm³/mol. The van der Waals surface area contributed by atoms with E-state index in [1.807, 2.05) is 0 Å². The molecule has 112 valence electrons. The Morgan fingerprint density at radius 3 is 2.30 bits per heavy atom. The fourth-order valence-electron chi connectivity index (χ4n) is 3.34. The van der Waals surface area contributed by atoms with E-state index in [4.69, 9.17) is 5.73 Å². The van der Waals surface area contributed by atoms with Crippen molar-refractivity contribution in [3.05, 3.63) is 34.4 Å². The van der Waals surface area contributed by atoms with Gasteiger partial charge in [-0.1, -0.05) is 37.0 Å². The van der Waals surface area contributed by atoms with Crippen molar-refractivity contribution in [1.82, 2.24) is 0 Å². The molecule has 2 rings (SSSR count). The average molecular weight is 292 g/mol. The number of hydrogen-bond acceptors (Lipinski definition) is 2. The summed E-state index contributed by atoms with van der Waals surface area (Å²) in [7, 11) is 0. The van der Waals surface area contributed by atoms with Crippen LogP contribution in [0.15, 0.2) is 12.1 Å². The standard InChI is InChI=1S/C18H29NS/c1-13-9-14(2)18(15(3)10-13)11-16(19)12-20-17-7-5-4-6-8-17/h9-10,16-17H,4-8,11-12,19H2,1-3H3. The van der Waals surface area contributed by atoms with Crippen molar-refractivity contribution in [3.63, 3.8) is 0 Å². The van der Waals surface area contributed by atoms with E-state index < -0.39 is 0 Å². The molecule has 1 nitrogen and oxygen atoms in total. The maximum Gasteiger partial charge on any atom is 0.0171 e. The molecule has 0 radical (unpaired) electrons. The zero-order chi connectivity index (χ0) is 14.5. The van der Waals surface area contributed by atoms with Crippen LogP contribution in [0, 0.1) is 20.8 Å². The number of benzene rings is 1. The second kappa shape index (κ2) is 7.51. The van der Waals surface area contributed by atoms with Gasteiger partial charge in [-0.3, -0.25) is 0 Å². The molecule has 1 aromatic carbocycles. The summed E-state index contributed by atoms with van der Waals surface area (Å²) >= 11 is 2.11. The van der Waals surface area contributed by atoms with E-state index in [1.165, 1.54) is 54.4 Å². The van der Waals surface area contributed by atoms with Gasteiger partial charge in [0.2, 0.25) is 0 Å². The zero-order valence-electron chi connectivity index (χ0n) is 13.2. The number of rotatable bonds is 5. The third kappa shape index (κ3) is 4.53. The highest BCUT2D eigenvalue weighted by Gasteiger charge is 2.16. The van der Waals surface area contributed by atoms with Gasteiger partial charge in [0.1, 0.15) is 0 Å². The summed E-state index contributed by atoms with van der Waals surface area (Å²) < 4.78 is 0. The lowest BCUT2D eigenvalue weighted by atomic mass is 9.95. The fourth-order valence-corrected chi connectivity index (χ4v) is 4.65. The van der Waals surface area contributed by atoms with Crippen molar-refractivity contribution in [2.45, 2.75) is 70.6 Å². The molecule has 0 aliphatic heterocycles. The molecule has 1 aliphatic carbocycles. The van der Waals surface area contributed by atoms with Gasteiger partial charge in [0.25, 0.3) is 0 Å². The van der Waals surface area contributed by atoms with Crippen LogP contribution in [0.2, 0.25) is 0 Å². The van der Waals surface area contributed by atoms with Gasteiger partial charge in [0, 0.05) is 17.0 Å². The number of hydrogen-bond donors (Lipinski definition) is 1. The SMILES string of the molecule is Cc1cc(C)c(CC(N)CSC2CCCCC2)c(C)c1. The van der Waals surface area contributed by atoms with Crippen molar-refractivity contribution in [2.75, 3.05) is 5.75 Å². The first-order chi connectivity index (χ1) is 9.56. The molecule has 20 heavy (non-hydrogen) atoms. The Bertz CT molecular complexity index is 412. The van der Waals surface area contributed by atoms with E-state index in [-0.39, 0.29) is 0 Å². The zero-order valence-corrected chi connectivity index (χ0v) is 14.1. The van der Waals surface area contributed by atoms with Gasteiger partial charge in [0.15, 0.2) is 0 Å². The normalized spacial score (nSPS) is 18.2.